The molecule has 0 saturated heterocycles. The molecular weight excluding hydrogens is 190 g/mol. The molecule has 13 heavy (non-hydrogen) atoms. The summed E-state index contributed by atoms with van der Waals surface area (Å²) in [6.45, 7) is 2.12. The lowest BCUT2D eigenvalue weighted by Gasteiger charge is -2.22. The van der Waals surface area contributed by atoms with Crippen molar-refractivity contribution in [2.24, 2.45) is 5.73 Å². The maximum atomic E-state index is 11.5. The van der Waals surface area contributed by atoms with Gasteiger partial charge in [0.2, 0.25) is 0 Å². The third-order valence-electron chi connectivity index (χ3n) is 2.23. The van der Waals surface area contributed by atoms with Gasteiger partial charge in [-0.1, -0.05) is 0 Å². The Labute approximate surface area is 79.5 Å². The number of hydrogen-bond acceptors (Lipinski definition) is 3. The van der Waals surface area contributed by atoms with E-state index in [1.807, 2.05) is 0 Å². The molecule has 5 nitrogen and oxygen atoms in total. The van der Waals surface area contributed by atoms with Gasteiger partial charge in [-0.3, -0.25) is 0 Å². The van der Waals surface area contributed by atoms with E-state index in [0.717, 1.165) is 12.8 Å². The summed E-state index contributed by atoms with van der Waals surface area (Å²) in [6, 6.07) is -0.00586. The number of nitrogens with zero attached hydrogens (tertiary/aromatic N) is 1. The quantitative estimate of drug-likeness (QED) is 0.623. The minimum atomic E-state index is -3.31. The molecule has 78 valence electrons. The van der Waals surface area contributed by atoms with Crippen LogP contribution >= 0.6 is 0 Å². The molecule has 0 amide bonds. The fourth-order valence-electron chi connectivity index (χ4n) is 0.880. The van der Waals surface area contributed by atoms with Crippen LogP contribution in [-0.4, -0.2) is 38.4 Å². The van der Waals surface area contributed by atoms with E-state index in [1.54, 1.807) is 14.0 Å². The van der Waals surface area contributed by atoms with Crippen molar-refractivity contribution in [2.45, 2.75) is 31.8 Å². The molecule has 1 atom stereocenters. The van der Waals surface area contributed by atoms with E-state index in [2.05, 4.69) is 4.72 Å². The van der Waals surface area contributed by atoms with Crippen molar-refractivity contribution in [3.05, 3.63) is 0 Å². The fourth-order valence-corrected chi connectivity index (χ4v) is 2.26. The minimum absolute atomic E-state index is 0.150. The zero-order chi connectivity index (χ0) is 10.1. The molecule has 1 aliphatic carbocycles. The van der Waals surface area contributed by atoms with Gasteiger partial charge in [-0.2, -0.15) is 17.4 Å². The van der Waals surface area contributed by atoms with Crippen LogP contribution in [0.15, 0.2) is 0 Å². The summed E-state index contributed by atoms with van der Waals surface area (Å²) in [6.07, 6.45) is 1.90. The topological polar surface area (TPSA) is 75.4 Å². The first-order valence-corrected chi connectivity index (χ1v) is 5.86. The van der Waals surface area contributed by atoms with Gasteiger partial charge in [-0.25, -0.2) is 0 Å². The van der Waals surface area contributed by atoms with Gasteiger partial charge >= 0.3 is 0 Å². The number of nitrogens with one attached hydrogen (secondary N) is 1. The largest absolute Gasteiger partial charge is 0.329 e. The first-order valence-electron chi connectivity index (χ1n) is 4.42. The Hall–Kier alpha value is -0.170. The molecule has 0 spiro atoms. The lowest BCUT2D eigenvalue weighted by Crippen LogP contribution is -2.46. The van der Waals surface area contributed by atoms with Crippen LogP contribution in [0.25, 0.3) is 0 Å². The van der Waals surface area contributed by atoms with E-state index >= 15 is 0 Å². The molecule has 0 aromatic carbocycles. The third kappa shape index (κ3) is 2.91. The van der Waals surface area contributed by atoms with Crippen LogP contribution in [0.2, 0.25) is 0 Å². The van der Waals surface area contributed by atoms with Crippen molar-refractivity contribution in [2.75, 3.05) is 13.6 Å². The molecule has 1 fully saturated rings. The van der Waals surface area contributed by atoms with Crippen molar-refractivity contribution in [1.29, 1.82) is 0 Å². The van der Waals surface area contributed by atoms with Crippen molar-refractivity contribution in [3.8, 4) is 0 Å². The number of nitrogens with two attached hydrogens (primary N) is 1. The summed E-state index contributed by atoms with van der Waals surface area (Å²) in [7, 11) is -1.76. The molecule has 1 rings (SSSR count). The predicted octanol–water partition coefficient (Wildman–Crippen LogP) is -0.738. The second-order valence-electron chi connectivity index (χ2n) is 3.50. The second-order valence-corrected chi connectivity index (χ2v) is 5.26. The van der Waals surface area contributed by atoms with Gasteiger partial charge in [-0.15, -0.1) is 0 Å². The second kappa shape index (κ2) is 3.91. The molecule has 0 radical (unpaired) electrons. The van der Waals surface area contributed by atoms with E-state index < -0.39 is 10.2 Å². The van der Waals surface area contributed by atoms with Gasteiger partial charge in [0.25, 0.3) is 10.2 Å². The lowest BCUT2D eigenvalue weighted by atomic mass is 10.4. The molecule has 0 heterocycles. The van der Waals surface area contributed by atoms with Gasteiger partial charge < -0.3 is 5.73 Å². The molecule has 6 heteroatoms. The van der Waals surface area contributed by atoms with E-state index in [0.29, 0.717) is 6.54 Å². The average molecular weight is 207 g/mol. The molecule has 0 aromatic heterocycles. The third-order valence-corrected chi connectivity index (χ3v) is 3.98. The fraction of sp³-hybridized carbons (Fsp3) is 1.00. The highest BCUT2D eigenvalue weighted by molar-refractivity contribution is 7.87. The number of likely N-dealkylation sites (N-methyl/N-ethyl adjacent to an activating group) is 1. The first-order chi connectivity index (χ1) is 5.97. The standard InChI is InChI=1S/C7H17N3O2S/c1-6(5-8)10(2)13(11,12)9-7-3-4-7/h6-7,9H,3-5,8H2,1-2H3. The van der Waals surface area contributed by atoms with Crippen molar-refractivity contribution in [3.63, 3.8) is 0 Å². The average Bonchev–Trinajstić information content (AvgIpc) is 2.84. The highest BCUT2D eigenvalue weighted by Crippen LogP contribution is 2.20. The molecular formula is C7H17N3O2S. The normalized spacial score (nSPS) is 20.6. The van der Waals surface area contributed by atoms with Crippen LogP contribution in [-0.2, 0) is 10.2 Å². The van der Waals surface area contributed by atoms with Crippen LogP contribution in [0.1, 0.15) is 19.8 Å². The molecule has 0 aliphatic heterocycles. The van der Waals surface area contributed by atoms with Crippen molar-refractivity contribution in [1.82, 2.24) is 9.03 Å². The summed E-state index contributed by atoms with van der Waals surface area (Å²) in [5.74, 6) is 0. The van der Waals surface area contributed by atoms with Crippen LogP contribution in [0.4, 0.5) is 0 Å². The Morgan fingerprint density at radius 3 is 2.54 bits per heavy atom. The summed E-state index contributed by atoms with van der Waals surface area (Å²) in [5, 5.41) is 0. The maximum absolute atomic E-state index is 11.5. The van der Waals surface area contributed by atoms with Crippen LogP contribution in [0.5, 0.6) is 0 Å². The summed E-state index contributed by atoms with van der Waals surface area (Å²) in [4.78, 5) is 0. The Bertz CT molecular complexity index is 261. The highest BCUT2D eigenvalue weighted by Gasteiger charge is 2.30. The Morgan fingerprint density at radius 2 is 2.15 bits per heavy atom. The predicted molar refractivity (Wildman–Crippen MR) is 51.4 cm³/mol. The molecule has 3 N–H and O–H groups in total. The molecule has 0 bridgehead atoms. The number of hydrogen-bond donors (Lipinski definition) is 2. The van der Waals surface area contributed by atoms with Crippen LogP contribution < -0.4 is 10.5 Å². The smallest absolute Gasteiger partial charge is 0.279 e. The van der Waals surface area contributed by atoms with Crippen LogP contribution in [0, 0.1) is 0 Å². The Morgan fingerprint density at radius 1 is 1.62 bits per heavy atom. The van der Waals surface area contributed by atoms with E-state index in [-0.39, 0.29) is 12.1 Å². The minimum Gasteiger partial charge on any atom is -0.329 e. The SMILES string of the molecule is CC(CN)N(C)S(=O)(=O)NC1CC1. The molecule has 1 saturated carbocycles. The monoisotopic (exact) mass is 207 g/mol. The van der Waals surface area contributed by atoms with Gasteiger partial charge in [0, 0.05) is 25.7 Å². The Balaban J connectivity index is 2.56. The summed E-state index contributed by atoms with van der Waals surface area (Å²) in [5.41, 5.74) is 5.38. The van der Waals surface area contributed by atoms with Gasteiger partial charge in [-0.05, 0) is 19.8 Å². The maximum Gasteiger partial charge on any atom is 0.279 e. The van der Waals surface area contributed by atoms with Crippen molar-refractivity contribution < 1.29 is 8.42 Å². The highest BCUT2D eigenvalue weighted by atomic mass is 32.2. The molecule has 1 aliphatic rings. The Kier molecular flexibility index (Phi) is 3.28. The summed E-state index contributed by atoms with van der Waals surface area (Å²) >= 11 is 0. The molecule has 0 aromatic rings. The van der Waals surface area contributed by atoms with E-state index in [9.17, 15) is 8.42 Å². The molecule has 1 unspecified atom stereocenters. The zero-order valence-electron chi connectivity index (χ0n) is 8.03. The summed E-state index contributed by atoms with van der Waals surface area (Å²) < 4.78 is 27.0. The van der Waals surface area contributed by atoms with Gasteiger partial charge in [0.15, 0.2) is 0 Å². The van der Waals surface area contributed by atoms with E-state index in [4.69, 9.17) is 5.73 Å². The number of rotatable bonds is 5. The van der Waals surface area contributed by atoms with Crippen molar-refractivity contribution >= 4 is 10.2 Å². The van der Waals surface area contributed by atoms with Gasteiger partial charge in [0.05, 0.1) is 0 Å². The van der Waals surface area contributed by atoms with Gasteiger partial charge in [0.1, 0.15) is 0 Å². The first kappa shape index (κ1) is 10.9. The zero-order valence-corrected chi connectivity index (χ0v) is 8.84. The van der Waals surface area contributed by atoms with Crippen LogP contribution in [0.3, 0.4) is 0 Å². The lowest BCUT2D eigenvalue weighted by molar-refractivity contribution is 0.387. The van der Waals surface area contributed by atoms with E-state index in [1.165, 1.54) is 4.31 Å².